The van der Waals surface area contributed by atoms with Crippen LogP contribution >= 0.6 is 0 Å². The predicted molar refractivity (Wildman–Crippen MR) is 66.8 cm³/mol. The van der Waals surface area contributed by atoms with Gasteiger partial charge in [-0.3, -0.25) is 4.79 Å². The first-order valence-electron chi connectivity index (χ1n) is 5.34. The molecule has 0 saturated heterocycles. The van der Waals surface area contributed by atoms with Gasteiger partial charge in [0.1, 0.15) is 0 Å². The molecule has 7 heteroatoms. The lowest BCUT2D eigenvalue weighted by Crippen LogP contribution is -2.12. The minimum absolute atomic E-state index is 0.436. The average Bonchev–Trinajstić information content (AvgIpc) is 2.91. The third-order valence-corrected chi connectivity index (χ3v) is 2.14. The molecule has 2 aromatic rings. The minimum Gasteiger partial charge on any atom is -0.478 e. The Hall–Kier alpha value is -2.96. The maximum atomic E-state index is 11.5. The highest BCUT2D eigenvalue weighted by molar-refractivity contribution is 6.03. The first kappa shape index (κ1) is 12.5. The molecule has 0 bridgehead atoms. The third kappa shape index (κ3) is 3.25. The number of nitrogens with zero attached hydrogens (tertiary/aromatic N) is 3. The van der Waals surface area contributed by atoms with E-state index in [9.17, 15) is 9.59 Å². The van der Waals surface area contributed by atoms with E-state index >= 15 is 0 Å². The van der Waals surface area contributed by atoms with Crippen molar-refractivity contribution in [2.75, 3.05) is 5.32 Å². The molecule has 2 aromatic heterocycles. The van der Waals surface area contributed by atoms with E-state index in [0.29, 0.717) is 11.5 Å². The van der Waals surface area contributed by atoms with Crippen LogP contribution in [0.4, 0.5) is 5.69 Å². The third-order valence-electron chi connectivity index (χ3n) is 2.14. The van der Waals surface area contributed by atoms with Crippen molar-refractivity contribution in [2.24, 2.45) is 0 Å². The van der Waals surface area contributed by atoms with E-state index in [-0.39, 0.29) is 0 Å². The Balaban J connectivity index is 2.22. The van der Waals surface area contributed by atoms with Gasteiger partial charge in [0, 0.05) is 30.7 Å². The molecule has 0 aliphatic rings. The summed E-state index contributed by atoms with van der Waals surface area (Å²) in [5, 5.41) is 15.0. The van der Waals surface area contributed by atoms with Gasteiger partial charge in [-0.25, -0.2) is 14.5 Å². The van der Waals surface area contributed by atoms with Crippen LogP contribution in [0.1, 0.15) is 0 Å². The van der Waals surface area contributed by atoms with Crippen molar-refractivity contribution in [1.29, 1.82) is 0 Å². The summed E-state index contributed by atoms with van der Waals surface area (Å²) < 4.78 is 1.50. The number of hydrogen-bond acceptors (Lipinski definition) is 4. The van der Waals surface area contributed by atoms with E-state index in [4.69, 9.17) is 5.11 Å². The number of nitrogens with one attached hydrogen (secondary N) is 1. The fourth-order valence-corrected chi connectivity index (χ4v) is 1.39. The number of hydrogen-bond donors (Lipinski definition) is 2. The van der Waals surface area contributed by atoms with Gasteiger partial charge in [0.2, 0.25) is 5.91 Å². The van der Waals surface area contributed by atoms with Crippen molar-refractivity contribution < 1.29 is 14.7 Å². The summed E-state index contributed by atoms with van der Waals surface area (Å²) >= 11 is 0. The molecular formula is C12H10N4O3. The molecule has 2 N–H and O–H groups in total. The predicted octanol–water partition coefficient (Wildman–Crippen LogP) is 0.847. The molecule has 0 aromatic carbocycles. The number of anilines is 1. The molecule has 0 unspecified atom stereocenters. The standard InChI is InChI=1S/C12H10N4O3/c17-10(4-5-11(18)19)15-9-3-1-6-13-12(9)16-8-2-7-14-16/h1-8H,(H,15,17)(H,18,19)/b5-4+. The highest BCUT2D eigenvalue weighted by atomic mass is 16.4. The maximum Gasteiger partial charge on any atom is 0.328 e. The second-order valence-electron chi connectivity index (χ2n) is 3.49. The molecule has 7 nitrogen and oxygen atoms in total. The summed E-state index contributed by atoms with van der Waals surface area (Å²) in [4.78, 5) is 26.0. The largest absolute Gasteiger partial charge is 0.478 e. The summed E-state index contributed by atoms with van der Waals surface area (Å²) in [6, 6.07) is 5.03. The molecule has 0 saturated carbocycles. The number of pyridine rings is 1. The Bertz CT molecular complexity index is 620. The number of aliphatic carboxylic acids is 1. The molecule has 2 rings (SSSR count). The molecule has 0 atom stereocenters. The van der Waals surface area contributed by atoms with Crippen LogP contribution in [0, 0.1) is 0 Å². The molecule has 19 heavy (non-hydrogen) atoms. The Labute approximate surface area is 108 Å². The van der Waals surface area contributed by atoms with Crippen LogP contribution < -0.4 is 5.32 Å². The summed E-state index contributed by atoms with van der Waals surface area (Å²) in [5.41, 5.74) is 0.436. The molecule has 96 valence electrons. The first-order chi connectivity index (χ1) is 9.16. The lowest BCUT2D eigenvalue weighted by atomic mass is 10.3. The molecular weight excluding hydrogens is 248 g/mol. The fourth-order valence-electron chi connectivity index (χ4n) is 1.39. The normalized spacial score (nSPS) is 10.5. The topological polar surface area (TPSA) is 97.1 Å². The smallest absolute Gasteiger partial charge is 0.328 e. The Morgan fingerprint density at radius 1 is 1.26 bits per heavy atom. The van der Waals surface area contributed by atoms with Crippen LogP contribution in [-0.4, -0.2) is 31.7 Å². The van der Waals surface area contributed by atoms with Gasteiger partial charge in [-0.1, -0.05) is 0 Å². The van der Waals surface area contributed by atoms with Gasteiger partial charge in [-0.05, 0) is 18.2 Å². The number of carbonyl (C=O) groups is 2. The van der Waals surface area contributed by atoms with Crippen LogP contribution in [0.5, 0.6) is 0 Å². The molecule has 2 heterocycles. The van der Waals surface area contributed by atoms with Crippen LogP contribution in [0.2, 0.25) is 0 Å². The SMILES string of the molecule is O=C(O)/C=C/C(=O)Nc1cccnc1-n1cccn1. The monoisotopic (exact) mass is 258 g/mol. The number of aromatic nitrogens is 3. The number of amides is 1. The van der Waals surface area contributed by atoms with Crippen molar-refractivity contribution >= 4 is 17.6 Å². The number of carboxylic acids is 1. The fraction of sp³-hybridized carbons (Fsp3) is 0. The average molecular weight is 258 g/mol. The second-order valence-corrected chi connectivity index (χ2v) is 3.49. The van der Waals surface area contributed by atoms with Crippen molar-refractivity contribution in [2.45, 2.75) is 0 Å². The van der Waals surface area contributed by atoms with E-state index < -0.39 is 11.9 Å². The summed E-state index contributed by atoms with van der Waals surface area (Å²) in [7, 11) is 0. The van der Waals surface area contributed by atoms with Crippen molar-refractivity contribution in [3.63, 3.8) is 0 Å². The molecule has 0 aliphatic heterocycles. The lowest BCUT2D eigenvalue weighted by molar-refractivity contribution is -0.131. The van der Waals surface area contributed by atoms with E-state index in [1.54, 1.807) is 36.8 Å². The summed E-state index contributed by atoms with van der Waals surface area (Å²) in [5.74, 6) is -1.29. The van der Waals surface area contributed by atoms with E-state index in [1.807, 2.05) is 0 Å². The molecule has 0 fully saturated rings. The van der Waals surface area contributed by atoms with E-state index in [1.165, 1.54) is 4.68 Å². The summed E-state index contributed by atoms with van der Waals surface area (Å²) in [6.07, 6.45) is 6.54. The van der Waals surface area contributed by atoms with Gasteiger partial charge >= 0.3 is 5.97 Å². The van der Waals surface area contributed by atoms with Gasteiger partial charge < -0.3 is 10.4 Å². The quantitative estimate of drug-likeness (QED) is 0.792. The highest BCUT2D eigenvalue weighted by Crippen LogP contribution is 2.15. The first-order valence-corrected chi connectivity index (χ1v) is 5.34. The van der Waals surface area contributed by atoms with Gasteiger partial charge in [0.05, 0.1) is 5.69 Å². The Morgan fingerprint density at radius 3 is 2.79 bits per heavy atom. The molecule has 0 spiro atoms. The number of rotatable bonds is 4. The van der Waals surface area contributed by atoms with Gasteiger partial charge in [-0.2, -0.15) is 5.10 Å². The second kappa shape index (κ2) is 5.58. The van der Waals surface area contributed by atoms with Crippen LogP contribution in [-0.2, 0) is 9.59 Å². The van der Waals surface area contributed by atoms with Crippen LogP contribution in [0.15, 0.2) is 48.9 Å². The van der Waals surface area contributed by atoms with E-state index in [0.717, 1.165) is 12.2 Å². The van der Waals surface area contributed by atoms with Crippen LogP contribution in [0.3, 0.4) is 0 Å². The van der Waals surface area contributed by atoms with E-state index in [2.05, 4.69) is 15.4 Å². The maximum absolute atomic E-state index is 11.5. The Morgan fingerprint density at radius 2 is 2.11 bits per heavy atom. The number of carboxylic acid groups (broad SMARTS) is 1. The Kier molecular flexibility index (Phi) is 3.67. The number of carbonyl (C=O) groups excluding carboxylic acids is 1. The van der Waals surface area contributed by atoms with Crippen molar-refractivity contribution in [3.05, 3.63) is 48.9 Å². The zero-order chi connectivity index (χ0) is 13.7. The highest BCUT2D eigenvalue weighted by Gasteiger charge is 2.07. The minimum atomic E-state index is -1.19. The molecule has 0 radical (unpaired) electrons. The van der Waals surface area contributed by atoms with Gasteiger partial charge in [0.25, 0.3) is 0 Å². The zero-order valence-electron chi connectivity index (χ0n) is 9.72. The van der Waals surface area contributed by atoms with Crippen molar-refractivity contribution in [1.82, 2.24) is 14.8 Å². The lowest BCUT2D eigenvalue weighted by Gasteiger charge is -2.08. The van der Waals surface area contributed by atoms with Crippen LogP contribution in [0.25, 0.3) is 5.82 Å². The zero-order valence-corrected chi connectivity index (χ0v) is 9.72. The molecule has 0 aliphatic carbocycles. The van der Waals surface area contributed by atoms with Gasteiger partial charge in [-0.15, -0.1) is 0 Å². The summed E-state index contributed by atoms with van der Waals surface area (Å²) in [6.45, 7) is 0. The van der Waals surface area contributed by atoms with Gasteiger partial charge in [0.15, 0.2) is 5.82 Å². The molecule has 1 amide bonds. The van der Waals surface area contributed by atoms with Crippen molar-refractivity contribution in [3.8, 4) is 5.82 Å².